The third-order valence-corrected chi connectivity index (χ3v) is 16.1. The third kappa shape index (κ3) is 2.44. The Morgan fingerprint density at radius 3 is 2.52 bits per heavy atom. The average molecular weight is 422 g/mol. The minimum absolute atomic E-state index is 0.436. The number of hydrogen-bond acceptors (Lipinski definition) is 1. The second-order valence-corrected chi connectivity index (χ2v) is 19.1. The van der Waals surface area contributed by atoms with Crippen LogP contribution in [0.3, 0.4) is 0 Å². The van der Waals surface area contributed by atoms with Gasteiger partial charge in [-0.3, -0.25) is 0 Å². The van der Waals surface area contributed by atoms with E-state index in [1.54, 1.807) is 0 Å². The van der Waals surface area contributed by atoms with Gasteiger partial charge in [0.2, 0.25) is 0 Å². The van der Waals surface area contributed by atoms with Gasteiger partial charge >= 0.3 is 138 Å². The first-order valence-electron chi connectivity index (χ1n) is 6.77. The number of rotatable bonds is 1. The fourth-order valence-electron chi connectivity index (χ4n) is 2.59. The van der Waals surface area contributed by atoms with Gasteiger partial charge in [-0.1, -0.05) is 0 Å². The van der Waals surface area contributed by atoms with Crippen LogP contribution in [0.4, 0.5) is 0 Å². The quantitative estimate of drug-likeness (QED) is 0.430. The summed E-state index contributed by atoms with van der Waals surface area (Å²) in [7, 11) is 0. The standard InChI is InChI=1S/C17H13OPSe2/c20-19(14-7-2-1-3-8-14)18-17-11-10-13-6-4-5-9-15(13)16(17)12-21-19/h1-11H,12H2. The second-order valence-electron chi connectivity index (χ2n) is 4.96. The van der Waals surface area contributed by atoms with Gasteiger partial charge in [-0.15, -0.1) is 0 Å². The Morgan fingerprint density at radius 2 is 1.67 bits per heavy atom. The monoisotopic (exact) mass is 424 g/mol. The van der Waals surface area contributed by atoms with Crippen molar-refractivity contribution >= 4 is 50.1 Å². The van der Waals surface area contributed by atoms with Gasteiger partial charge in [0, 0.05) is 0 Å². The molecule has 0 aliphatic carbocycles. The van der Waals surface area contributed by atoms with Crippen LogP contribution >= 0.6 is 4.43 Å². The van der Waals surface area contributed by atoms with Gasteiger partial charge in [0.1, 0.15) is 0 Å². The van der Waals surface area contributed by atoms with E-state index in [4.69, 9.17) is 4.52 Å². The Hall–Kier alpha value is -0.811. The van der Waals surface area contributed by atoms with Crippen LogP contribution in [0.1, 0.15) is 5.56 Å². The molecule has 0 N–H and O–H groups in total. The molecule has 0 radical (unpaired) electrons. The molecule has 1 unspecified atom stereocenters. The van der Waals surface area contributed by atoms with Gasteiger partial charge < -0.3 is 0 Å². The van der Waals surface area contributed by atoms with E-state index in [1.807, 2.05) is 0 Å². The van der Waals surface area contributed by atoms with Crippen molar-refractivity contribution in [3.05, 3.63) is 72.3 Å². The van der Waals surface area contributed by atoms with Crippen molar-refractivity contribution in [3.63, 3.8) is 0 Å². The molecule has 3 aromatic carbocycles. The SMILES string of the molecule is [Se]=P1(c2ccccc2)Oc2ccc3ccccc3c2C[Se]1. The van der Waals surface area contributed by atoms with Crippen LogP contribution in [0.25, 0.3) is 10.8 Å². The van der Waals surface area contributed by atoms with E-state index in [1.165, 1.54) is 21.6 Å². The third-order valence-electron chi connectivity index (χ3n) is 3.67. The zero-order chi connectivity index (χ0) is 14.3. The summed E-state index contributed by atoms with van der Waals surface area (Å²) in [4.78, 5) is 0. The fraction of sp³-hybridized carbons (Fsp3) is 0.0588. The van der Waals surface area contributed by atoms with Gasteiger partial charge in [0.15, 0.2) is 0 Å². The van der Waals surface area contributed by atoms with Crippen molar-refractivity contribution in [2.24, 2.45) is 0 Å². The molecule has 21 heavy (non-hydrogen) atoms. The Balaban J connectivity index is 1.83. The predicted molar refractivity (Wildman–Crippen MR) is 92.8 cm³/mol. The van der Waals surface area contributed by atoms with Crippen molar-refractivity contribution in [3.8, 4) is 5.75 Å². The van der Waals surface area contributed by atoms with E-state index >= 15 is 0 Å². The van der Waals surface area contributed by atoms with Crippen LogP contribution in [0.15, 0.2) is 66.7 Å². The van der Waals surface area contributed by atoms with Crippen molar-refractivity contribution < 1.29 is 4.52 Å². The fourth-order valence-corrected chi connectivity index (χ4v) is 12.2. The molecule has 0 fully saturated rings. The molecule has 4 heteroatoms. The van der Waals surface area contributed by atoms with Crippen LogP contribution < -0.4 is 9.83 Å². The summed E-state index contributed by atoms with van der Waals surface area (Å²) >= 11 is 3.85. The van der Waals surface area contributed by atoms with E-state index in [9.17, 15) is 0 Å². The Bertz CT molecular complexity index is 861. The molecule has 1 heterocycles. The van der Waals surface area contributed by atoms with Gasteiger partial charge in [-0.25, -0.2) is 0 Å². The van der Waals surface area contributed by atoms with Gasteiger partial charge in [-0.05, 0) is 0 Å². The molecule has 0 saturated heterocycles. The maximum atomic E-state index is 6.50. The van der Waals surface area contributed by atoms with Crippen molar-refractivity contribution in [2.45, 2.75) is 5.32 Å². The molecule has 3 aromatic rings. The summed E-state index contributed by atoms with van der Waals surface area (Å²) in [5, 5.41) is 5.13. The van der Waals surface area contributed by atoms with Gasteiger partial charge in [0.25, 0.3) is 0 Å². The van der Waals surface area contributed by atoms with Crippen LogP contribution in [-0.4, -0.2) is 29.6 Å². The molecular weight excluding hydrogens is 409 g/mol. The Labute approximate surface area is 137 Å². The summed E-state index contributed by atoms with van der Waals surface area (Å²) < 4.78 is 4.91. The van der Waals surface area contributed by atoms with Crippen molar-refractivity contribution in [1.82, 2.24) is 0 Å². The first-order chi connectivity index (χ1) is 10.3. The molecule has 0 spiro atoms. The first kappa shape index (κ1) is 13.8. The van der Waals surface area contributed by atoms with E-state index in [-0.39, 0.29) is 0 Å². The van der Waals surface area contributed by atoms with Gasteiger partial charge in [-0.2, -0.15) is 0 Å². The van der Waals surface area contributed by atoms with Crippen LogP contribution in [-0.2, 0) is 5.32 Å². The molecule has 1 aliphatic rings. The molecule has 1 atom stereocenters. The summed E-state index contributed by atoms with van der Waals surface area (Å²) in [6, 6.07) is 23.6. The summed E-state index contributed by atoms with van der Waals surface area (Å²) in [5.41, 5.74) is 1.38. The van der Waals surface area contributed by atoms with Crippen LogP contribution in [0, 0.1) is 0 Å². The minimum atomic E-state index is -1.59. The topological polar surface area (TPSA) is 9.23 Å². The van der Waals surface area contributed by atoms with Crippen molar-refractivity contribution in [2.75, 3.05) is 0 Å². The molecule has 0 bridgehead atoms. The summed E-state index contributed by atoms with van der Waals surface area (Å²) in [5.74, 6) is 1.07. The van der Waals surface area contributed by atoms with E-state index < -0.39 is 4.43 Å². The molecule has 4 rings (SSSR count). The maximum absolute atomic E-state index is 6.50. The Kier molecular flexibility index (Phi) is 3.58. The molecule has 104 valence electrons. The zero-order valence-electron chi connectivity index (χ0n) is 11.2. The zero-order valence-corrected chi connectivity index (χ0v) is 15.6. The van der Waals surface area contributed by atoms with Crippen molar-refractivity contribution in [1.29, 1.82) is 0 Å². The number of benzene rings is 3. The molecular formula is C17H13OPSe2. The summed E-state index contributed by atoms with van der Waals surface area (Å²) in [6.07, 6.45) is 0. The number of hydrogen-bond donors (Lipinski definition) is 0. The average Bonchev–Trinajstić information content (AvgIpc) is 2.55. The van der Waals surface area contributed by atoms with Crippen LogP contribution in [0.2, 0.25) is 0 Å². The van der Waals surface area contributed by atoms with E-state index in [0.717, 1.165) is 11.1 Å². The second kappa shape index (κ2) is 5.43. The molecule has 0 saturated carbocycles. The molecule has 0 amide bonds. The van der Waals surface area contributed by atoms with Gasteiger partial charge in [0.05, 0.1) is 0 Å². The van der Waals surface area contributed by atoms with Crippen LogP contribution in [0.5, 0.6) is 5.75 Å². The predicted octanol–water partition coefficient (Wildman–Crippen LogP) is 3.69. The molecule has 1 nitrogen and oxygen atoms in total. The van der Waals surface area contributed by atoms with E-state index in [0.29, 0.717) is 14.5 Å². The molecule has 0 aromatic heterocycles. The Morgan fingerprint density at radius 1 is 0.905 bits per heavy atom. The normalized spacial score (nSPS) is 20.8. The first-order valence-corrected chi connectivity index (χ1v) is 14.1. The summed E-state index contributed by atoms with van der Waals surface area (Å²) in [6.45, 7) is 0. The number of fused-ring (bicyclic) bond motifs is 3. The van der Waals surface area contributed by atoms with E-state index in [2.05, 4.69) is 81.8 Å². The molecule has 1 aliphatic heterocycles.